The summed E-state index contributed by atoms with van der Waals surface area (Å²) in [6.07, 6.45) is 15.5. The number of ketones is 1. The number of unbranched alkanes of at least 4 members (excludes halogenated alkanes) is 13. The van der Waals surface area contributed by atoms with Crippen LogP contribution in [-0.4, -0.2) is 70.0 Å². The van der Waals surface area contributed by atoms with Crippen LogP contribution in [0.5, 0.6) is 0 Å². The van der Waals surface area contributed by atoms with Crippen molar-refractivity contribution in [3.05, 3.63) is 29.3 Å². The van der Waals surface area contributed by atoms with Gasteiger partial charge in [0, 0.05) is 39.2 Å². The van der Waals surface area contributed by atoms with Crippen LogP contribution in [0, 0.1) is 23.5 Å². The molecule has 11 nitrogen and oxygen atoms in total. The average molecular weight is 713 g/mol. The number of halogens is 2. The van der Waals surface area contributed by atoms with Gasteiger partial charge in [-0.25, -0.2) is 8.78 Å². The lowest BCUT2D eigenvalue weighted by molar-refractivity contribution is -0.144. The largest absolute Gasteiger partial charge is 0.491 e. The predicted octanol–water partition coefficient (Wildman–Crippen LogP) is 5.53. The van der Waals surface area contributed by atoms with Gasteiger partial charge in [0.05, 0.1) is 17.4 Å². The molecule has 0 bridgehead atoms. The number of carbonyl (C=O) groups is 5. The summed E-state index contributed by atoms with van der Waals surface area (Å²) in [4.78, 5) is 59.0. The van der Waals surface area contributed by atoms with Crippen LogP contribution in [0.2, 0.25) is 0 Å². The van der Waals surface area contributed by atoms with Crippen LogP contribution in [0.4, 0.5) is 8.78 Å². The first-order chi connectivity index (χ1) is 23.8. The lowest BCUT2D eigenvalue weighted by atomic mass is 9.79. The third kappa shape index (κ3) is 19.7. The second-order valence-electron chi connectivity index (χ2n) is 13.2. The Kier molecular flexibility index (Phi) is 23.6. The minimum Gasteiger partial charge on any atom is -0.481 e. The minimum absolute atomic E-state index is 0. The van der Waals surface area contributed by atoms with Crippen LogP contribution in [0.25, 0.3) is 0 Å². The predicted molar refractivity (Wildman–Crippen MR) is 189 cm³/mol. The fourth-order valence-electron chi connectivity index (χ4n) is 5.64. The molecule has 1 aromatic rings. The van der Waals surface area contributed by atoms with Gasteiger partial charge in [0.1, 0.15) is 5.78 Å². The smallest absolute Gasteiger partial charge is 0.481 e. The van der Waals surface area contributed by atoms with Crippen molar-refractivity contribution in [3.8, 4) is 0 Å². The molecule has 0 saturated carbocycles. The van der Waals surface area contributed by atoms with E-state index in [9.17, 15) is 37.9 Å². The Balaban J connectivity index is 0.0000250. The molecule has 284 valence electrons. The molecule has 0 saturated heterocycles. The summed E-state index contributed by atoms with van der Waals surface area (Å²) < 4.78 is 27.9. The van der Waals surface area contributed by atoms with Crippen molar-refractivity contribution in [2.75, 3.05) is 13.1 Å². The van der Waals surface area contributed by atoms with E-state index in [1.54, 1.807) is 6.92 Å². The highest BCUT2D eigenvalue weighted by atomic mass is 19.2. The number of hydrogen-bond donors (Lipinski definition) is 6. The Morgan fingerprint density at radius 1 is 0.680 bits per heavy atom. The maximum absolute atomic E-state index is 14.0. The van der Waals surface area contributed by atoms with E-state index >= 15 is 0 Å². The summed E-state index contributed by atoms with van der Waals surface area (Å²) in [6, 6.07) is 2.00. The zero-order valence-electron chi connectivity index (χ0n) is 29.5. The minimum atomic E-state index is -2.16. The number of amides is 2. The van der Waals surface area contributed by atoms with Gasteiger partial charge in [-0.2, -0.15) is 0 Å². The third-order valence-corrected chi connectivity index (χ3v) is 8.90. The van der Waals surface area contributed by atoms with Crippen molar-refractivity contribution in [1.82, 2.24) is 10.6 Å². The number of rotatable bonds is 30. The number of carboxylic acids is 2. The SMILES string of the molecule is C[C@@H](CCCCNC(=O)CC[C@H](CC(=O)CCCCCCCCCCCCCCCNC(=O)c1ccc(B(O)O)c(F)c1F)C(=O)O)C(=O)O.[HH]. The van der Waals surface area contributed by atoms with E-state index < -0.39 is 59.5 Å². The van der Waals surface area contributed by atoms with Crippen LogP contribution in [0.15, 0.2) is 12.1 Å². The fourth-order valence-corrected chi connectivity index (χ4v) is 5.64. The van der Waals surface area contributed by atoms with Crippen LogP contribution in [0.1, 0.15) is 147 Å². The maximum Gasteiger partial charge on any atom is 0.491 e. The molecule has 1 rings (SSSR count). The molecule has 2 amide bonds. The lowest BCUT2D eigenvalue weighted by Crippen LogP contribution is -2.35. The van der Waals surface area contributed by atoms with Gasteiger partial charge in [-0.05, 0) is 38.2 Å². The summed E-state index contributed by atoms with van der Waals surface area (Å²) in [5.41, 5.74) is -1.10. The van der Waals surface area contributed by atoms with Crippen molar-refractivity contribution in [2.24, 2.45) is 11.8 Å². The molecule has 6 N–H and O–H groups in total. The van der Waals surface area contributed by atoms with E-state index in [0.717, 1.165) is 89.2 Å². The Labute approximate surface area is 296 Å². The summed E-state index contributed by atoms with van der Waals surface area (Å²) in [5.74, 6) is -7.16. The number of benzene rings is 1. The number of carboxylic acid groups (broad SMARTS) is 2. The maximum atomic E-state index is 14.0. The molecule has 0 radical (unpaired) electrons. The van der Waals surface area contributed by atoms with Gasteiger partial charge < -0.3 is 30.9 Å². The molecule has 0 aliphatic rings. The standard InChI is InChI=1S/C36H57BF2N2O9.H2/c1-26(35(45)46)17-14-16-23-40-31(43)22-19-27(36(47)48)25-28(42)18-13-11-9-7-5-3-2-4-6-8-10-12-15-24-41-34(44)29-20-21-30(37(49)50)33(39)32(29)38;/h20-21,26-27,49-50H,2-19,22-25H2,1H3,(H,40,43)(H,41,44)(H,45,46)(H,47,48);1H/t26-,27+;/m0./s1. The van der Waals surface area contributed by atoms with Crippen molar-refractivity contribution >= 4 is 42.1 Å². The number of Topliss-reactive ketones (excluding diaryl/α,β-unsaturated/α-hetero) is 1. The van der Waals surface area contributed by atoms with Gasteiger partial charge in [0.15, 0.2) is 11.6 Å². The Bertz CT molecular complexity index is 1210. The molecule has 0 spiro atoms. The van der Waals surface area contributed by atoms with E-state index in [1.807, 2.05) is 0 Å². The Hall–Kier alpha value is -3.39. The highest BCUT2D eigenvalue weighted by molar-refractivity contribution is 6.58. The first-order valence-corrected chi connectivity index (χ1v) is 18.2. The van der Waals surface area contributed by atoms with Crippen molar-refractivity contribution < 1.29 is 54.4 Å². The molecule has 0 aliphatic carbocycles. The number of carbonyl (C=O) groups excluding carboxylic acids is 3. The summed E-state index contributed by atoms with van der Waals surface area (Å²) >= 11 is 0. The molecular weight excluding hydrogens is 653 g/mol. The average Bonchev–Trinajstić information content (AvgIpc) is 3.06. The van der Waals surface area contributed by atoms with Gasteiger partial charge in [0.2, 0.25) is 5.91 Å². The first-order valence-electron chi connectivity index (χ1n) is 18.2. The normalized spacial score (nSPS) is 12.3. The van der Waals surface area contributed by atoms with Gasteiger partial charge >= 0.3 is 19.1 Å². The molecule has 0 unspecified atom stereocenters. The monoisotopic (exact) mass is 712 g/mol. The molecule has 0 aliphatic heterocycles. The molecule has 0 aromatic heterocycles. The fraction of sp³-hybridized carbons (Fsp3) is 0.694. The van der Waals surface area contributed by atoms with Gasteiger partial charge in [0.25, 0.3) is 5.91 Å². The molecule has 1 aromatic carbocycles. The summed E-state index contributed by atoms with van der Waals surface area (Å²) in [7, 11) is -2.16. The number of nitrogens with one attached hydrogen (secondary N) is 2. The molecular formula is C36H59BF2N2O9. The van der Waals surface area contributed by atoms with Crippen molar-refractivity contribution in [1.29, 1.82) is 0 Å². The number of hydrogen-bond acceptors (Lipinski definition) is 7. The zero-order chi connectivity index (χ0) is 37.3. The summed E-state index contributed by atoms with van der Waals surface area (Å²) in [5, 5.41) is 41.7. The molecule has 0 fully saturated rings. The second-order valence-corrected chi connectivity index (χ2v) is 13.2. The van der Waals surface area contributed by atoms with E-state index in [4.69, 9.17) is 15.2 Å². The van der Waals surface area contributed by atoms with Gasteiger partial charge in [-0.3, -0.25) is 24.0 Å². The highest BCUT2D eigenvalue weighted by Crippen LogP contribution is 2.17. The Morgan fingerprint density at radius 3 is 1.74 bits per heavy atom. The van der Waals surface area contributed by atoms with Crippen LogP contribution in [-0.2, 0) is 19.2 Å². The first kappa shape index (κ1) is 44.6. The molecule has 50 heavy (non-hydrogen) atoms. The lowest BCUT2D eigenvalue weighted by Gasteiger charge is -2.12. The Morgan fingerprint density at radius 2 is 1.20 bits per heavy atom. The van der Waals surface area contributed by atoms with Gasteiger partial charge in [-0.1, -0.05) is 90.0 Å². The van der Waals surface area contributed by atoms with Crippen LogP contribution >= 0.6 is 0 Å². The van der Waals surface area contributed by atoms with Crippen molar-refractivity contribution in [2.45, 2.75) is 135 Å². The number of aliphatic carboxylic acids is 2. The highest BCUT2D eigenvalue weighted by Gasteiger charge is 2.24. The van der Waals surface area contributed by atoms with Gasteiger partial charge in [-0.15, -0.1) is 0 Å². The van der Waals surface area contributed by atoms with Crippen LogP contribution < -0.4 is 16.1 Å². The van der Waals surface area contributed by atoms with E-state index in [0.29, 0.717) is 45.2 Å². The molecule has 0 heterocycles. The van der Waals surface area contributed by atoms with E-state index in [1.165, 1.54) is 0 Å². The third-order valence-electron chi connectivity index (χ3n) is 8.90. The van der Waals surface area contributed by atoms with Crippen molar-refractivity contribution in [3.63, 3.8) is 0 Å². The van der Waals surface area contributed by atoms with Crippen LogP contribution in [0.3, 0.4) is 0 Å². The quantitative estimate of drug-likeness (QED) is 0.0440. The van der Waals surface area contributed by atoms with E-state index in [2.05, 4.69) is 10.6 Å². The second kappa shape index (κ2) is 26.4. The molecule has 14 heteroatoms. The molecule has 2 atom stereocenters. The topological polar surface area (TPSA) is 190 Å². The van der Waals surface area contributed by atoms with E-state index in [-0.39, 0.29) is 32.4 Å². The summed E-state index contributed by atoms with van der Waals surface area (Å²) in [6.45, 7) is 2.38. The zero-order valence-corrected chi connectivity index (χ0v) is 29.5.